The molecule has 9 heteroatoms. The molecule has 0 aliphatic carbocycles. The van der Waals surface area contributed by atoms with Crippen molar-refractivity contribution < 1.29 is 9.18 Å². The number of amides is 1. The number of hydrogen-bond donors (Lipinski definition) is 1. The van der Waals surface area contributed by atoms with Crippen molar-refractivity contribution >= 4 is 27.7 Å². The molecule has 1 N–H and O–H groups in total. The predicted molar refractivity (Wildman–Crippen MR) is 103 cm³/mol. The summed E-state index contributed by atoms with van der Waals surface area (Å²) in [6.45, 7) is 0.0851. The number of fused-ring (bicyclic) bond motifs is 1. The monoisotopic (exact) mass is 395 g/mol. The molecule has 0 radical (unpaired) electrons. The summed E-state index contributed by atoms with van der Waals surface area (Å²) in [5.74, 6) is -0.678. The minimum absolute atomic E-state index is 0.161. The van der Waals surface area contributed by atoms with E-state index >= 15 is 0 Å². The predicted octanol–water partition coefficient (Wildman–Crippen LogP) is 2.37. The lowest BCUT2D eigenvalue weighted by Crippen LogP contribution is -2.31. The van der Waals surface area contributed by atoms with E-state index in [-0.39, 0.29) is 30.4 Å². The van der Waals surface area contributed by atoms with Gasteiger partial charge in [-0.3, -0.25) is 19.1 Å². The number of rotatable bonds is 5. The van der Waals surface area contributed by atoms with Crippen molar-refractivity contribution in [2.75, 3.05) is 0 Å². The minimum Gasteiger partial charge on any atom is -0.350 e. The van der Waals surface area contributed by atoms with E-state index in [1.807, 2.05) is 0 Å². The smallest absolute Gasteiger partial charge is 0.273 e. The Labute approximate surface area is 162 Å². The van der Waals surface area contributed by atoms with E-state index < -0.39 is 0 Å². The maximum absolute atomic E-state index is 12.9. The Bertz CT molecular complexity index is 1190. The van der Waals surface area contributed by atoms with E-state index in [2.05, 4.69) is 19.7 Å². The van der Waals surface area contributed by atoms with E-state index in [1.54, 1.807) is 36.7 Å². The van der Waals surface area contributed by atoms with Crippen LogP contribution in [0.4, 0.5) is 4.39 Å². The molecule has 3 aromatic heterocycles. The molecular formula is C19H14FN5O2S. The zero-order chi connectivity index (χ0) is 19.5. The van der Waals surface area contributed by atoms with Gasteiger partial charge in [-0.1, -0.05) is 12.1 Å². The van der Waals surface area contributed by atoms with Crippen molar-refractivity contribution in [3.8, 4) is 11.3 Å². The number of nitrogens with one attached hydrogen (secondary N) is 1. The first-order valence-corrected chi connectivity index (χ1v) is 9.15. The average molecular weight is 395 g/mol. The highest BCUT2D eigenvalue weighted by Crippen LogP contribution is 2.26. The number of carbonyl (C=O) groups excluding carboxylic acids is 1. The zero-order valence-corrected chi connectivity index (χ0v) is 15.3. The summed E-state index contributed by atoms with van der Waals surface area (Å²) in [6.07, 6.45) is 4.64. The SMILES string of the molecule is O=C(Cn1cnc2c(-c3ccncc3)nsc2c1=O)NCc1ccc(F)cc1. The minimum atomic E-state index is -0.341. The number of carbonyl (C=O) groups is 1. The van der Waals surface area contributed by atoms with Gasteiger partial charge in [0.05, 0.1) is 6.33 Å². The van der Waals surface area contributed by atoms with Gasteiger partial charge in [-0.15, -0.1) is 0 Å². The average Bonchev–Trinajstić information content (AvgIpc) is 3.15. The molecule has 0 saturated carbocycles. The highest BCUT2D eigenvalue weighted by atomic mass is 32.1. The largest absolute Gasteiger partial charge is 0.350 e. The van der Waals surface area contributed by atoms with Gasteiger partial charge in [-0.05, 0) is 41.4 Å². The fraction of sp³-hybridized carbons (Fsp3) is 0.105. The quantitative estimate of drug-likeness (QED) is 0.560. The standard InChI is InChI=1S/C19H14FN5O2S/c20-14-3-1-12(2-4-14)9-22-15(26)10-25-11-23-17-16(13-5-7-21-8-6-13)24-28-18(17)19(25)27/h1-8,11H,9-10H2,(H,22,26). The highest BCUT2D eigenvalue weighted by molar-refractivity contribution is 7.13. The molecule has 3 heterocycles. The van der Waals surface area contributed by atoms with Gasteiger partial charge in [0.2, 0.25) is 5.91 Å². The van der Waals surface area contributed by atoms with Crippen molar-refractivity contribution in [1.82, 2.24) is 24.2 Å². The van der Waals surface area contributed by atoms with Gasteiger partial charge < -0.3 is 5.32 Å². The van der Waals surface area contributed by atoms with Crippen LogP contribution in [0.3, 0.4) is 0 Å². The van der Waals surface area contributed by atoms with Crippen LogP contribution in [0.15, 0.2) is 59.9 Å². The Morgan fingerprint density at radius 3 is 2.64 bits per heavy atom. The highest BCUT2D eigenvalue weighted by Gasteiger charge is 2.15. The third-order valence-electron chi connectivity index (χ3n) is 4.12. The molecule has 0 aliphatic rings. The van der Waals surface area contributed by atoms with Crippen LogP contribution in [0.1, 0.15) is 5.56 Å². The van der Waals surface area contributed by atoms with Crippen molar-refractivity contribution in [2.24, 2.45) is 0 Å². The van der Waals surface area contributed by atoms with Crippen LogP contribution in [0.25, 0.3) is 21.5 Å². The lowest BCUT2D eigenvalue weighted by molar-refractivity contribution is -0.121. The molecule has 0 fully saturated rings. The third kappa shape index (κ3) is 3.65. The van der Waals surface area contributed by atoms with Gasteiger partial charge in [-0.2, -0.15) is 4.37 Å². The zero-order valence-electron chi connectivity index (χ0n) is 14.5. The van der Waals surface area contributed by atoms with Crippen molar-refractivity contribution in [2.45, 2.75) is 13.1 Å². The maximum atomic E-state index is 12.9. The Hall–Kier alpha value is -3.46. The van der Waals surface area contributed by atoms with Crippen LogP contribution in [0, 0.1) is 5.82 Å². The van der Waals surface area contributed by atoms with Gasteiger partial charge >= 0.3 is 0 Å². The topological polar surface area (TPSA) is 89.8 Å². The van der Waals surface area contributed by atoms with E-state index in [4.69, 9.17) is 0 Å². The van der Waals surface area contributed by atoms with E-state index in [0.717, 1.165) is 22.7 Å². The first-order valence-electron chi connectivity index (χ1n) is 8.38. The van der Waals surface area contributed by atoms with Crippen molar-refractivity contribution in [1.29, 1.82) is 0 Å². The summed E-state index contributed by atoms with van der Waals surface area (Å²) < 4.78 is 18.9. The van der Waals surface area contributed by atoms with Crippen molar-refractivity contribution in [3.63, 3.8) is 0 Å². The molecule has 1 aromatic carbocycles. The Morgan fingerprint density at radius 1 is 1.14 bits per heavy atom. The summed E-state index contributed by atoms with van der Waals surface area (Å²) in [5, 5.41) is 2.71. The molecule has 1 amide bonds. The second-order valence-electron chi connectivity index (χ2n) is 6.03. The van der Waals surface area contributed by atoms with Crippen LogP contribution in [0.5, 0.6) is 0 Å². The number of pyridine rings is 1. The fourth-order valence-corrected chi connectivity index (χ4v) is 3.49. The normalized spacial score (nSPS) is 10.9. The first kappa shape index (κ1) is 17.9. The molecule has 4 rings (SSSR count). The van der Waals surface area contributed by atoms with Gasteiger partial charge in [-0.25, -0.2) is 9.37 Å². The Kier molecular flexibility index (Phi) is 4.90. The molecule has 7 nitrogen and oxygen atoms in total. The summed E-state index contributed by atoms with van der Waals surface area (Å²) in [6, 6.07) is 9.43. The molecule has 28 heavy (non-hydrogen) atoms. The first-order chi connectivity index (χ1) is 13.6. The number of hydrogen-bond acceptors (Lipinski definition) is 6. The Balaban J connectivity index is 1.51. The van der Waals surface area contributed by atoms with Crippen LogP contribution < -0.4 is 10.9 Å². The number of aromatic nitrogens is 4. The van der Waals surface area contributed by atoms with Crippen LogP contribution in [-0.4, -0.2) is 24.8 Å². The summed E-state index contributed by atoms with van der Waals surface area (Å²) >= 11 is 1.05. The maximum Gasteiger partial charge on any atom is 0.273 e. The molecule has 0 aliphatic heterocycles. The summed E-state index contributed by atoms with van der Waals surface area (Å²) in [4.78, 5) is 33.2. The Morgan fingerprint density at radius 2 is 1.89 bits per heavy atom. The van der Waals surface area contributed by atoms with Gasteiger partial charge in [0.1, 0.15) is 28.3 Å². The second-order valence-corrected chi connectivity index (χ2v) is 6.80. The van der Waals surface area contributed by atoms with Gasteiger partial charge in [0.25, 0.3) is 5.56 Å². The molecule has 0 unspecified atom stereocenters. The van der Waals surface area contributed by atoms with E-state index in [0.29, 0.717) is 15.9 Å². The lowest BCUT2D eigenvalue weighted by atomic mass is 10.2. The molecule has 0 spiro atoms. The number of nitrogens with zero attached hydrogens (tertiary/aromatic N) is 4. The second kappa shape index (κ2) is 7.65. The number of benzene rings is 1. The van der Waals surface area contributed by atoms with Gasteiger partial charge in [0, 0.05) is 24.5 Å². The lowest BCUT2D eigenvalue weighted by Gasteiger charge is -2.07. The summed E-state index contributed by atoms with van der Waals surface area (Å²) in [5.41, 5.74) is 2.39. The molecular weight excluding hydrogens is 381 g/mol. The van der Waals surface area contributed by atoms with Gasteiger partial charge in [0.15, 0.2) is 0 Å². The van der Waals surface area contributed by atoms with Crippen molar-refractivity contribution in [3.05, 3.63) is 76.9 Å². The summed E-state index contributed by atoms with van der Waals surface area (Å²) in [7, 11) is 0. The fourth-order valence-electron chi connectivity index (χ4n) is 2.68. The molecule has 0 saturated heterocycles. The van der Waals surface area contributed by atoms with E-state index in [1.165, 1.54) is 23.0 Å². The third-order valence-corrected chi connectivity index (χ3v) is 4.94. The molecule has 0 bridgehead atoms. The van der Waals surface area contributed by atoms with Crippen LogP contribution >= 0.6 is 11.5 Å². The van der Waals surface area contributed by atoms with E-state index in [9.17, 15) is 14.0 Å². The van der Waals surface area contributed by atoms with Crippen LogP contribution in [-0.2, 0) is 17.9 Å². The molecule has 140 valence electrons. The number of halogens is 1. The van der Waals surface area contributed by atoms with Crippen LogP contribution in [0.2, 0.25) is 0 Å². The molecule has 0 atom stereocenters. The molecule has 4 aromatic rings.